The number of benzene rings is 2. The lowest BCUT2D eigenvalue weighted by molar-refractivity contribution is 0.0977. The quantitative estimate of drug-likeness (QED) is 0.318. The molecule has 0 amide bonds. The van der Waals surface area contributed by atoms with Gasteiger partial charge >= 0.3 is 0 Å². The Kier molecular flexibility index (Phi) is 7.34. The van der Waals surface area contributed by atoms with Gasteiger partial charge in [-0.25, -0.2) is 15.0 Å². The lowest BCUT2D eigenvalue weighted by Gasteiger charge is -2.12. The number of nitrogens with zero attached hydrogens (tertiary/aromatic N) is 4. The molecule has 34 heavy (non-hydrogen) atoms. The van der Waals surface area contributed by atoms with Gasteiger partial charge < -0.3 is 19.7 Å². The van der Waals surface area contributed by atoms with Gasteiger partial charge in [-0.15, -0.1) is 11.3 Å². The van der Waals surface area contributed by atoms with Crippen molar-refractivity contribution in [1.29, 1.82) is 0 Å². The van der Waals surface area contributed by atoms with E-state index in [1.165, 1.54) is 11.3 Å². The Morgan fingerprint density at radius 1 is 1.03 bits per heavy atom. The maximum Gasteiger partial charge on any atom is 0.163 e. The fourth-order valence-electron chi connectivity index (χ4n) is 3.53. The molecule has 4 aromatic rings. The summed E-state index contributed by atoms with van der Waals surface area (Å²) in [5.41, 5.74) is 4.75. The van der Waals surface area contributed by atoms with Gasteiger partial charge in [0.15, 0.2) is 28.9 Å². The van der Waals surface area contributed by atoms with Gasteiger partial charge in [-0.05, 0) is 39.2 Å². The van der Waals surface area contributed by atoms with Crippen molar-refractivity contribution in [3.05, 3.63) is 53.5 Å². The molecule has 4 rings (SSSR count). The Hall–Kier alpha value is -3.56. The van der Waals surface area contributed by atoms with E-state index in [4.69, 9.17) is 14.5 Å². The summed E-state index contributed by atoms with van der Waals surface area (Å²) >= 11 is 1.45. The Morgan fingerprint density at radius 2 is 1.79 bits per heavy atom. The highest BCUT2D eigenvalue weighted by Crippen LogP contribution is 2.33. The molecule has 8 nitrogen and oxygen atoms in total. The Bertz CT molecular complexity index is 1290. The van der Waals surface area contributed by atoms with Crippen LogP contribution in [0.3, 0.4) is 0 Å². The van der Waals surface area contributed by atoms with E-state index in [1.54, 1.807) is 19.7 Å². The molecule has 0 unspecified atom stereocenters. The number of carbonyl (C=O) groups excluding carboxylic acids is 1. The van der Waals surface area contributed by atoms with Crippen molar-refractivity contribution in [2.24, 2.45) is 0 Å². The Morgan fingerprint density at radius 3 is 2.50 bits per heavy atom. The van der Waals surface area contributed by atoms with Crippen LogP contribution in [0.15, 0.2) is 48.0 Å². The van der Waals surface area contributed by atoms with Gasteiger partial charge in [0.1, 0.15) is 10.3 Å². The van der Waals surface area contributed by atoms with E-state index >= 15 is 0 Å². The van der Waals surface area contributed by atoms with E-state index in [0.717, 1.165) is 29.0 Å². The minimum atomic E-state index is 0.142. The Labute approximate surface area is 202 Å². The highest BCUT2D eigenvalue weighted by atomic mass is 32.1. The van der Waals surface area contributed by atoms with Gasteiger partial charge in [0, 0.05) is 29.3 Å². The zero-order valence-electron chi connectivity index (χ0n) is 19.7. The van der Waals surface area contributed by atoms with Crippen molar-refractivity contribution in [2.75, 3.05) is 40.2 Å². The highest BCUT2D eigenvalue weighted by molar-refractivity contribution is 7.16. The number of methoxy groups -OCH3 is 2. The number of aromatic nitrogens is 3. The van der Waals surface area contributed by atoms with Crippen LogP contribution in [-0.4, -0.2) is 60.5 Å². The van der Waals surface area contributed by atoms with Crippen LogP contribution in [0.25, 0.3) is 21.7 Å². The van der Waals surface area contributed by atoms with Crippen molar-refractivity contribution in [3.8, 4) is 22.9 Å². The molecule has 0 aliphatic heterocycles. The molecule has 0 spiro atoms. The topological polar surface area (TPSA) is 89.5 Å². The lowest BCUT2D eigenvalue weighted by Crippen LogP contribution is -2.14. The van der Waals surface area contributed by atoms with Crippen LogP contribution in [0.1, 0.15) is 23.2 Å². The molecule has 1 N–H and O–H groups in total. The van der Waals surface area contributed by atoms with Gasteiger partial charge in [-0.2, -0.15) is 0 Å². The molecule has 2 aromatic heterocycles. The molecule has 0 saturated carbocycles. The molecule has 0 aliphatic rings. The summed E-state index contributed by atoms with van der Waals surface area (Å²) in [7, 11) is 7.21. The number of hydrogen-bond donors (Lipinski definition) is 1. The smallest absolute Gasteiger partial charge is 0.163 e. The molecular formula is C25H27N5O3S. The van der Waals surface area contributed by atoms with Crippen LogP contribution < -0.4 is 14.8 Å². The molecule has 0 fully saturated rings. The fourth-order valence-corrected chi connectivity index (χ4v) is 4.19. The second kappa shape index (κ2) is 10.6. The van der Waals surface area contributed by atoms with Gasteiger partial charge in [0.05, 0.1) is 19.7 Å². The molecule has 0 aliphatic carbocycles. The maximum absolute atomic E-state index is 12.5. The minimum Gasteiger partial charge on any atom is -0.493 e. The zero-order chi connectivity index (χ0) is 24.1. The van der Waals surface area contributed by atoms with Crippen LogP contribution in [0.4, 0.5) is 11.5 Å². The number of hydrogen-bond acceptors (Lipinski definition) is 9. The molecule has 2 heterocycles. The number of carbonyl (C=O) groups is 1. The molecule has 0 radical (unpaired) electrons. The monoisotopic (exact) mass is 477 g/mol. The lowest BCUT2D eigenvalue weighted by atomic mass is 10.0. The second-order valence-corrected chi connectivity index (χ2v) is 8.84. The van der Waals surface area contributed by atoms with Crippen molar-refractivity contribution in [2.45, 2.75) is 12.8 Å². The first-order valence-electron chi connectivity index (χ1n) is 10.9. The first-order valence-corrected chi connectivity index (χ1v) is 11.7. The van der Waals surface area contributed by atoms with Gasteiger partial charge in [-0.3, -0.25) is 4.79 Å². The predicted octanol–water partition coefficient (Wildman–Crippen LogP) is 5.04. The van der Waals surface area contributed by atoms with Crippen molar-refractivity contribution in [1.82, 2.24) is 19.9 Å². The van der Waals surface area contributed by atoms with E-state index in [2.05, 4.69) is 20.2 Å². The number of fused-ring (bicyclic) bond motifs is 1. The average molecular weight is 478 g/mol. The minimum absolute atomic E-state index is 0.142. The first-order chi connectivity index (χ1) is 16.5. The molecular weight excluding hydrogens is 450 g/mol. The van der Waals surface area contributed by atoms with Crippen LogP contribution in [0.5, 0.6) is 11.5 Å². The molecule has 0 bridgehead atoms. The summed E-state index contributed by atoms with van der Waals surface area (Å²) < 4.78 is 10.7. The molecule has 9 heteroatoms. The number of thiazole rings is 1. The summed E-state index contributed by atoms with van der Waals surface area (Å²) in [4.78, 5) is 29.2. The predicted molar refractivity (Wildman–Crippen MR) is 136 cm³/mol. The summed E-state index contributed by atoms with van der Waals surface area (Å²) in [5.74, 6) is 2.56. The number of Topliss-reactive ketones (excluding diaryl/α,β-unsaturated/α-hetero) is 1. The number of nitrogens with one attached hydrogen (secondary N) is 1. The average Bonchev–Trinajstić information content (AvgIpc) is 3.33. The third kappa shape index (κ3) is 5.32. The zero-order valence-corrected chi connectivity index (χ0v) is 20.5. The summed E-state index contributed by atoms with van der Waals surface area (Å²) in [6.07, 6.45) is 1.37. The van der Waals surface area contributed by atoms with Crippen LogP contribution in [0, 0.1) is 0 Å². The third-order valence-electron chi connectivity index (χ3n) is 5.32. The second-order valence-electron chi connectivity index (χ2n) is 8.00. The Balaban J connectivity index is 1.59. The number of anilines is 2. The fraction of sp³-hybridized carbons (Fsp3) is 0.280. The molecule has 0 saturated heterocycles. The number of ether oxygens (including phenoxy) is 2. The van der Waals surface area contributed by atoms with Gasteiger partial charge in [-0.1, -0.05) is 24.3 Å². The van der Waals surface area contributed by atoms with E-state index in [1.807, 2.05) is 56.6 Å². The van der Waals surface area contributed by atoms with Crippen molar-refractivity contribution < 1.29 is 14.3 Å². The molecule has 2 aromatic carbocycles. The molecule has 176 valence electrons. The van der Waals surface area contributed by atoms with Crippen LogP contribution >= 0.6 is 11.3 Å². The van der Waals surface area contributed by atoms with Crippen LogP contribution in [0.2, 0.25) is 0 Å². The summed E-state index contributed by atoms with van der Waals surface area (Å²) in [6.45, 7) is 0.891. The van der Waals surface area contributed by atoms with E-state index in [9.17, 15) is 4.79 Å². The SMILES string of the molecule is COc1ccc(Nc2nc(-c3ccc(C(=O)CCCN(C)C)cc3)nc3scnc23)cc1OC. The van der Waals surface area contributed by atoms with Crippen molar-refractivity contribution >= 4 is 39.0 Å². The third-order valence-corrected chi connectivity index (χ3v) is 6.04. The van der Waals surface area contributed by atoms with Gasteiger partial charge in [0.25, 0.3) is 0 Å². The largest absolute Gasteiger partial charge is 0.493 e. The normalized spacial score (nSPS) is 11.1. The van der Waals surface area contributed by atoms with E-state index < -0.39 is 0 Å². The van der Waals surface area contributed by atoms with E-state index in [-0.39, 0.29) is 5.78 Å². The maximum atomic E-state index is 12.5. The standard InChI is InChI=1S/C25H27N5O3S/c1-30(2)13-5-6-19(31)16-7-9-17(10-8-16)23-28-24(22-25(29-23)34-15-26-22)27-18-11-12-20(32-3)21(14-18)33-4/h7-12,14-15H,5-6,13H2,1-4H3,(H,27,28,29). The highest BCUT2D eigenvalue weighted by Gasteiger charge is 2.14. The first kappa shape index (κ1) is 23.6. The number of rotatable bonds is 10. The summed E-state index contributed by atoms with van der Waals surface area (Å²) in [6, 6.07) is 13.0. The van der Waals surface area contributed by atoms with Crippen molar-refractivity contribution in [3.63, 3.8) is 0 Å². The number of ketones is 1. The summed E-state index contributed by atoms with van der Waals surface area (Å²) in [5, 5.41) is 3.33. The van der Waals surface area contributed by atoms with Gasteiger partial charge in [0.2, 0.25) is 0 Å². The molecule has 0 atom stereocenters. The van der Waals surface area contributed by atoms with Crippen LogP contribution in [-0.2, 0) is 0 Å². The van der Waals surface area contributed by atoms with E-state index in [0.29, 0.717) is 40.6 Å².